The van der Waals surface area contributed by atoms with Gasteiger partial charge in [0.25, 0.3) is 17.7 Å². The molecule has 59 heavy (non-hydrogen) atoms. The summed E-state index contributed by atoms with van der Waals surface area (Å²) in [5, 5.41) is 8.25. The van der Waals surface area contributed by atoms with Gasteiger partial charge in [0, 0.05) is 37.2 Å². The average molecular weight is 815 g/mol. The second kappa shape index (κ2) is 16.4. The molecule has 2 aromatic heterocycles. The molecule has 4 aromatic rings. The van der Waals surface area contributed by atoms with E-state index in [0.29, 0.717) is 40.9 Å². The van der Waals surface area contributed by atoms with E-state index in [1.807, 2.05) is 0 Å². The van der Waals surface area contributed by atoms with Crippen LogP contribution >= 0.6 is 0 Å². The maximum absolute atomic E-state index is 13.4. The summed E-state index contributed by atoms with van der Waals surface area (Å²) in [6, 6.07) is 10.7. The van der Waals surface area contributed by atoms with Gasteiger partial charge in [0.2, 0.25) is 11.8 Å². The molecule has 0 spiro atoms. The highest BCUT2D eigenvalue weighted by molar-refractivity contribution is 6.25. The predicted octanol–water partition coefficient (Wildman–Crippen LogP) is 6.13. The number of alkyl halides is 3. The number of carbonyl (C=O) groups is 5. The largest absolute Gasteiger partial charge is 0.494 e. The van der Waals surface area contributed by atoms with Crippen molar-refractivity contribution in [1.82, 2.24) is 30.1 Å². The summed E-state index contributed by atoms with van der Waals surface area (Å²) in [5.41, 5.74) is 1.24. The fourth-order valence-corrected chi connectivity index (χ4v) is 8.94. The molecule has 310 valence electrons. The molecule has 3 aliphatic heterocycles. The number of carbonyl (C=O) groups excluding carboxylic acids is 5. The van der Waals surface area contributed by atoms with Crippen molar-refractivity contribution in [3.8, 4) is 5.75 Å². The molecule has 0 radical (unpaired) electrons. The van der Waals surface area contributed by atoms with E-state index in [1.54, 1.807) is 30.3 Å². The number of nitrogens with one attached hydrogen (secondary N) is 4. The standard InChI is InChI=1S/C42H45F3N8O6/c1-59-33-21-30-29(20-31(33)50-38(55)28-6-3-7-34(47-28)42(43,44)45)48-37(49-30)25-10-8-24(9-11-25)22-52-18-15-23(16-19-52)14-17-46-27-5-2-4-26-36(27)41(58)53(40(26)57)32-12-13-35(54)51-39(32)56/h2-7,20-21,23-25,32,46H,8-19,22H2,1H3,(H,48,49)(H,50,55)(H,51,54,56)/t24-,25-,32?. The molecule has 1 unspecified atom stereocenters. The zero-order valence-corrected chi connectivity index (χ0v) is 32.5. The molecule has 14 nitrogen and oxygen atoms in total. The van der Waals surface area contributed by atoms with E-state index in [0.717, 1.165) is 87.4 Å². The van der Waals surface area contributed by atoms with Crippen molar-refractivity contribution in [2.75, 3.05) is 43.9 Å². The maximum atomic E-state index is 13.4. The number of hydrogen-bond donors (Lipinski definition) is 4. The number of amides is 5. The zero-order chi connectivity index (χ0) is 41.4. The van der Waals surface area contributed by atoms with E-state index in [1.165, 1.54) is 13.2 Å². The molecule has 4 N–H and O–H groups in total. The number of H-pyrrole nitrogens is 1. The van der Waals surface area contributed by atoms with Crippen molar-refractivity contribution in [2.24, 2.45) is 11.8 Å². The first-order chi connectivity index (χ1) is 28.4. The highest BCUT2D eigenvalue weighted by atomic mass is 19.4. The van der Waals surface area contributed by atoms with Crippen LogP contribution < -0.4 is 20.7 Å². The summed E-state index contributed by atoms with van der Waals surface area (Å²) in [4.78, 5) is 78.9. The predicted molar refractivity (Wildman–Crippen MR) is 210 cm³/mol. The van der Waals surface area contributed by atoms with Crippen molar-refractivity contribution < 1.29 is 41.9 Å². The molecule has 2 aromatic carbocycles. The topological polar surface area (TPSA) is 179 Å². The van der Waals surface area contributed by atoms with Crippen LogP contribution in [0.4, 0.5) is 24.5 Å². The second-order valence-corrected chi connectivity index (χ2v) is 15.9. The van der Waals surface area contributed by atoms with Crippen LogP contribution in [-0.4, -0.2) is 93.6 Å². The van der Waals surface area contributed by atoms with Gasteiger partial charge >= 0.3 is 6.18 Å². The number of anilines is 2. The minimum Gasteiger partial charge on any atom is -0.494 e. The van der Waals surface area contributed by atoms with E-state index in [4.69, 9.17) is 9.72 Å². The number of methoxy groups -OCH3 is 1. The molecule has 2 saturated heterocycles. The fourth-order valence-electron chi connectivity index (χ4n) is 8.94. The van der Waals surface area contributed by atoms with Gasteiger partial charge in [0.05, 0.1) is 35.0 Å². The second-order valence-electron chi connectivity index (χ2n) is 15.9. The summed E-state index contributed by atoms with van der Waals surface area (Å²) in [6.45, 7) is 3.74. The summed E-state index contributed by atoms with van der Waals surface area (Å²) in [5.74, 6) is -0.307. The average Bonchev–Trinajstić information content (AvgIpc) is 3.75. The van der Waals surface area contributed by atoms with Gasteiger partial charge < -0.3 is 25.3 Å². The number of imide groups is 2. The van der Waals surface area contributed by atoms with Crippen LogP contribution in [0.25, 0.3) is 11.0 Å². The number of aromatic amines is 1. The number of aromatic nitrogens is 3. The smallest absolute Gasteiger partial charge is 0.433 e. The third-order valence-corrected chi connectivity index (χ3v) is 12.1. The van der Waals surface area contributed by atoms with Gasteiger partial charge in [-0.1, -0.05) is 12.1 Å². The van der Waals surface area contributed by atoms with E-state index in [9.17, 15) is 37.1 Å². The molecule has 4 aliphatic rings. The lowest BCUT2D eigenvalue weighted by Gasteiger charge is -2.36. The van der Waals surface area contributed by atoms with Crippen LogP contribution in [0.15, 0.2) is 48.5 Å². The van der Waals surface area contributed by atoms with Crippen LogP contribution in [0.5, 0.6) is 5.75 Å². The number of pyridine rings is 1. The van der Waals surface area contributed by atoms with Gasteiger partial charge in [-0.05, 0) is 107 Å². The number of nitrogens with zero attached hydrogens (tertiary/aromatic N) is 4. The Morgan fingerprint density at radius 2 is 1.66 bits per heavy atom. The molecule has 0 bridgehead atoms. The van der Waals surface area contributed by atoms with Gasteiger partial charge in [-0.15, -0.1) is 0 Å². The Hall–Kier alpha value is -5.84. The van der Waals surface area contributed by atoms with Crippen LogP contribution in [0, 0.1) is 11.8 Å². The summed E-state index contributed by atoms with van der Waals surface area (Å²) in [7, 11) is 1.45. The minimum atomic E-state index is -4.67. The van der Waals surface area contributed by atoms with E-state index in [-0.39, 0.29) is 41.3 Å². The van der Waals surface area contributed by atoms with Gasteiger partial charge in [0.1, 0.15) is 29.0 Å². The Balaban J connectivity index is 0.793. The number of fused-ring (bicyclic) bond motifs is 2. The van der Waals surface area contributed by atoms with Crippen molar-refractivity contribution >= 4 is 51.9 Å². The van der Waals surface area contributed by atoms with Gasteiger partial charge in [-0.3, -0.25) is 34.2 Å². The lowest BCUT2D eigenvalue weighted by molar-refractivity contribution is -0.141. The molecular formula is C42H45F3N8O6. The SMILES string of the molecule is COc1cc2nc([C@H]3CC[C@H](CN4CCC(CCNc5cccc6c5C(=O)N(C5CCC(=O)NC5=O)C6=O)CC4)CC3)[nH]c2cc1NC(=O)c1cccc(C(F)(F)F)n1. The lowest BCUT2D eigenvalue weighted by Crippen LogP contribution is -2.54. The third kappa shape index (κ3) is 8.38. The van der Waals surface area contributed by atoms with E-state index < -0.39 is 47.4 Å². The zero-order valence-electron chi connectivity index (χ0n) is 32.5. The first kappa shape index (κ1) is 40.0. The Bertz CT molecular complexity index is 2300. The molecule has 5 heterocycles. The van der Waals surface area contributed by atoms with Crippen LogP contribution in [0.1, 0.15) is 106 Å². The number of likely N-dealkylation sites (tertiary alicyclic amines) is 1. The highest BCUT2D eigenvalue weighted by Crippen LogP contribution is 2.38. The molecule has 17 heteroatoms. The molecule has 3 fully saturated rings. The summed E-state index contributed by atoms with van der Waals surface area (Å²) in [6.07, 6.45) is 2.70. The Morgan fingerprint density at radius 1 is 0.898 bits per heavy atom. The monoisotopic (exact) mass is 814 g/mol. The quantitative estimate of drug-likeness (QED) is 0.129. The Morgan fingerprint density at radius 3 is 2.39 bits per heavy atom. The lowest BCUT2D eigenvalue weighted by atomic mass is 9.81. The van der Waals surface area contributed by atoms with Crippen molar-refractivity contribution in [3.05, 3.63) is 76.9 Å². The molecule has 8 rings (SSSR count). The molecule has 5 amide bonds. The van der Waals surface area contributed by atoms with Crippen LogP contribution in [-0.2, 0) is 15.8 Å². The van der Waals surface area contributed by atoms with Crippen molar-refractivity contribution in [1.29, 1.82) is 0 Å². The number of benzene rings is 2. The van der Waals surface area contributed by atoms with Gasteiger partial charge in [0.15, 0.2) is 0 Å². The number of rotatable bonds is 11. The summed E-state index contributed by atoms with van der Waals surface area (Å²) >= 11 is 0. The number of imidazole rings is 1. The maximum Gasteiger partial charge on any atom is 0.433 e. The first-order valence-corrected chi connectivity index (χ1v) is 20.1. The number of piperidine rings is 2. The molecule has 1 saturated carbocycles. The Labute approximate surface area is 337 Å². The fraction of sp³-hybridized carbons (Fsp3) is 0.452. The minimum absolute atomic E-state index is 0.0732. The van der Waals surface area contributed by atoms with Gasteiger partial charge in [-0.25, -0.2) is 9.97 Å². The molecular weight excluding hydrogens is 770 g/mol. The van der Waals surface area contributed by atoms with Crippen molar-refractivity contribution in [3.63, 3.8) is 0 Å². The normalized spacial score (nSPS) is 21.8. The number of ether oxygens (including phenoxy) is 1. The van der Waals surface area contributed by atoms with Gasteiger partial charge in [-0.2, -0.15) is 13.2 Å². The third-order valence-electron chi connectivity index (χ3n) is 12.1. The van der Waals surface area contributed by atoms with Crippen molar-refractivity contribution in [2.45, 2.75) is 75.9 Å². The number of halogens is 3. The summed E-state index contributed by atoms with van der Waals surface area (Å²) < 4.78 is 45.0. The highest BCUT2D eigenvalue weighted by Gasteiger charge is 2.45. The van der Waals surface area contributed by atoms with Crippen LogP contribution in [0.3, 0.4) is 0 Å². The Kier molecular flexibility index (Phi) is 11.1. The first-order valence-electron chi connectivity index (χ1n) is 20.1. The molecule has 1 atom stereocenters. The van der Waals surface area contributed by atoms with E-state index >= 15 is 0 Å². The van der Waals surface area contributed by atoms with Crippen LogP contribution in [0.2, 0.25) is 0 Å². The number of hydrogen-bond acceptors (Lipinski definition) is 10. The van der Waals surface area contributed by atoms with E-state index in [2.05, 4.69) is 30.8 Å². The molecule has 1 aliphatic carbocycles.